The van der Waals surface area contributed by atoms with Crippen molar-refractivity contribution in [3.63, 3.8) is 0 Å². The van der Waals surface area contributed by atoms with E-state index in [9.17, 15) is 18.0 Å². The summed E-state index contributed by atoms with van der Waals surface area (Å²) in [5.41, 5.74) is 3.33. The fourth-order valence-electron chi connectivity index (χ4n) is 3.76. The zero-order valence-corrected chi connectivity index (χ0v) is 18.2. The zero-order chi connectivity index (χ0) is 22.3. The van der Waals surface area contributed by atoms with Crippen molar-refractivity contribution in [3.8, 4) is 0 Å². The van der Waals surface area contributed by atoms with E-state index < -0.39 is 10.0 Å². The Morgan fingerprint density at radius 1 is 1.19 bits per heavy atom. The number of primary sulfonamides is 1. The van der Waals surface area contributed by atoms with E-state index >= 15 is 0 Å². The number of sulfonamides is 1. The molecule has 1 aliphatic heterocycles. The largest absolute Gasteiger partial charge is 0.450 e. The number of carbonyl (C=O) groups is 2. The second-order valence-electron chi connectivity index (χ2n) is 7.23. The van der Waals surface area contributed by atoms with Crippen LogP contribution in [-0.4, -0.2) is 43.3 Å². The molecule has 3 aromatic rings. The number of aromatic nitrogens is 1. The average molecular weight is 462 g/mol. The molecular formula is C21H20ClN3O5S. The molecule has 162 valence electrons. The highest BCUT2D eigenvalue weighted by Crippen LogP contribution is 2.30. The monoisotopic (exact) mass is 461 g/mol. The van der Waals surface area contributed by atoms with Gasteiger partial charge in [0.1, 0.15) is 4.90 Å². The Labute approximate surface area is 184 Å². The number of hydrogen-bond acceptors (Lipinski definition) is 5. The number of amides is 1. The van der Waals surface area contributed by atoms with E-state index in [1.165, 1.54) is 18.2 Å². The molecule has 0 radical (unpaired) electrons. The minimum atomic E-state index is -4.06. The van der Waals surface area contributed by atoms with Crippen molar-refractivity contribution in [1.29, 1.82) is 0 Å². The molecule has 2 aromatic carbocycles. The van der Waals surface area contributed by atoms with Gasteiger partial charge in [-0.2, -0.15) is 0 Å². The van der Waals surface area contributed by atoms with Crippen molar-refractivity contribution < 1.29 is 22.7 Å². The quantitative estimate of drug-likeness (QED) is 0.577. The predicted octanol–water partition coefficient (Wildman–Crippen LogP) is 3.21. The normalized spacial score (nSPS) is 13.8. The molecule has 0 aliphatic carbocycles. The maximum absolute atomic E-state index is 13.0. The molecule has 0 spiro atoms. The van der Waals surface area contributed by atoms with Gasteiger partial charge in [-0.3, -0.25) is 4.79 Å². The van der Waals surface area contributed by atoms with Crippen LogP contribution in [0.2, 0.25) is 5.02 Å². The minimum absolute atomic E-state index is 0.0438. The molecule has 0 saturated heterocycles. The fourth-order valence-corrected chi connectivity index (χ4v) is 4.83. The number of ketones is 1. The molecule has 8 nitrogen and oxygen atoms in total. The summed E-state index contributed by atoms with van der Waals surface area (Å²) in [4.78, 5) is 29.7. The second-order valence-corrected chi connectivity index (χ2v) is 9.17. The lowest BCUT2D eigenvalue weighted by Gasteiger charge is -2.26. The van der Waals surface area contributed by atoms with E-state index in [0.29, 0.717) is 31.7 Å². The van der Waals surface area contributed by atoms with Crippen LogP contribution in [-0.2, 0) is 27.7 Å². The van der Waals surface area contributed by atoms with Crippen LogP contribution in [0.3, 0.4) is 0 Å². The summed E-state index contributed by atoms with van der Waals surface area (Å²) in [5, 5.41) is 6.06. The van der Waals surface area contributed by atoms with Gasteiger partial charge >= 0.3 is 6.09 Å². The second kappa shape index (κ2) is 7.99. The van der Waals surface area contributed by atoms with E-state index in [2.05, 4.69) is 4.98 Å². The maximum Gasteiger partial charge on any atom is 0.410 e. The molecule has 0 atom stereocenters. The minimum Gasteiger partial charge on any atom is -0.450 e. The van der Waals surface area contributed by atoms with Gasteiger partial charge < -0.3 is 14.6 Å². The van der Waals surface area contributed by atoms with Crippen LogP contribution in [0.5, 0.6) is 0 Å². The number of H-pyrrole nitrogens is 1. The molecule has 31 heavy (non-hydrogen) atoms. The molecule has 0 bridgehead atoms. The van der Waals surface area contributed by atoms with E-state index in [-0.39, 0.29) is 27.4 Å². The van der Waals surface area contributed by atoms with Gasteiger partial charge in [-0.1, -0.05) is 23.7 Å². The molecule has 2 heterocycles. The van der Waals surface area contributed by atoms with Gasteiger partial charge in [0.15, 0.2) is 5.78 Å². The Bertz CT molecular complexity index is 1320. The van der Waals surface area contributed by atoms with Crippen LogP contribution in [0, 0.1) is 0 Å². The summed E-state index contributed by atoms with van der Waals surface area (Å²) < 4.78 is 28.5. The first-order valence-electron chi connectivity index (χ1n) is 9.61. The zero-order valence-electron chi connectivity index (χ0n) is 16.6. The van der Waals surface area contributed by atoms with Crippen LogP contribution in [0.25, 0.3) is 10.9 Å². The molecule has 10 heteroatoms. The molecule has 1 aromatic heterocycles. The van der Waals surface area contributed by atoms with Gasteiger partial charge in [0.25, 0.3) is 0 Å². The third-order valence-corrected chi connectivity index (χ3v) is 6.66. The third kappa shape index (κ3) is 4.04. The Hall–Kier alpha value is -2.88. The highest BCUT2D eigenvalue weighted by Gasteiger charge is 2.25. The Kier molecular flexibility index (Phi) is 5.50. The maximum atomic E-state index is 13.0. The van der Waals surface area contributed by atoms with Crippen molar-refractivity contribution in [1.82, 2.24) is 9.88 Å². The summed E-state index contributed by atoms with van der Waals surface area (Å²) in [6.45, 7) is 3.06. The molecule has 0 fully saturated rings. The van der Waals surface area contributed by atoms with Crippen molar-refractivity contribution in [2.45, 2.75) is 24.8 Å². The van der Waals surface area contributed by atoms with Gasteiger partial charge in [-0.05, 0) is 31.2 Å². The molecule has 1 aliphatic rings. The topological polar surface area (TPSA) is 123 Å². The number of fused-ring (bicyclic) bond motifs is 3. The number of aromatic amines is 1. The average Bonchev–Trinajstić information content (AvgIpc) is 3.10. The lowest BCUT2D eigenvalue weighted by Crippen LogP contribution is -2.36. The Morgan fingerprint density at radius 3 is 2.61 bits per heavy atom. The molecule has 0 saturated carbocycles. The summed E-state index contributed by atoms with van der Waals surface area (Å²) >= 11 is 5.91. The summed E-state index contributed by atoms with van der Waals surface area (Å²) in [6.07, 6.45) is 0.309. The highest BCUT2D eigenvalue weighted by molar-refractivity contribution is 7.89. The van der Waals surface area contributed by atoms with Crippen molar-refractivity contribution in [3.05, 3.63) is 63.8 Å². The lowest BCUT2D eigenvalue weighted by atomic mass is 10.00. The smallest absolute Gasteiger partial charge is 0.410 e. The number of ether oxygens (including phenoxy) is 1. The summed E-state index contributed by atoms with van der Waals surface area (Å²) in [5.74, 6) is -0.357. The first-order valence-corrected chi connectivity index (χ1v) is 11.5. The SMILES string of the molecule is CCOC(=O)N1CCc2[nH]c3cc(C(=O)c4ccc(Cl)c(S(N)(=O)=O)c4)ccc3c2C1. The van der Waals surface area contributed by atoms with E-state index in [4.69, 9.17) is 21.5 Å². The van der Waals surface area contributed by atoms with E-state index in [1.807, 2.05) is 6.07 Å². The molecule has 0 unspecified atom stereocenters. The third-order valence-electron chi connectivity index (χ3n) is 5.26. The van der Waals surface area contributed by atoms with Crippen LogP contribution < -0.4 is 5.14 Å². The predicted molar refractivity (Wildman–Crippen MR) is 116 cm³/mol. The van der Waals surface area contributed by atoms with Crippen molar-refractivity contribution in [2.24, 2.45) is 5.14 Å². The molecule has 1 amide bonds. The number of benzene rings is 2. The Morgan fingerprint density at radius 2 is 1.90 bits per heavy atom. The van der Waals surface area contributed by atoms with Gasteiger partial charge in [-0.15, -0.1) is 0 Å². The number of carbonyl (C=O) groups excluding carboxylic acids is 2. The molecule has 4 rings (SSSR count). The van der Waals surface area contributed by atoms with Crippen LogP contribution >= 0.6 is 11.6 Å². The number of hydrogen-bond donors (Lipinski definition) is 2. The first-order chi connectivity index (χ1) is 14.7. The number of nitrogens with two attached hydrogens (primary N) is 1. The summed E-state index contributed by atoms with van der Waals surface area (Å²) in [6, 6.07) is 9.19. The number of nitrogens with zero attached hydrogens (tertiary/aromatic N) is 1. The van der Waals surface area contributed by atoms with E-state index in [1.54, 1.807) is 24.0 Å². The fraction of sp³-hybridized carbons (Fsp3) is 0.238. The van der Waals surface area contributed by atoms with Crippen LogP contribution in [0.1, 0.15) is 34.1 Å². The van der Waals surface area contributed by atoms with Gasteiger partial charge in [0, 0.05) is 46.3 Å². The molecule has 3 N–H and O–H groups in total. The van der Waals surface area contributed by atoms with Gasteiger partial charge in [0.2, 0.25) is 10.0 Å². The number of halogens is 1. The Balaban J connectivity index is 1.67. The molecular weight excluding hydrogens is 442 g/mol. The summed E-state index contributed by atoms with van der Waals surface area (Å²) in [7, 11) is -4.06. The lowest BCUT2D eigenvalue weighted by molar-refractivity contribution is 0.102. The van der Waals surface area contributed by atoms with Gasteiger partial charge in [0.05, 0.1) is 18.2 Å². The van der Waals surface area contributed by atoms with Crippen LogP contribution in [0.4, 0.5) is 4.79 Å². The van der Waals surface area contributed by atoms with Gasteiger partial charge in [-0.25, -0.2) is 18.4 Å². The standard InChI is InChI=1S/C21H20ClN3O5S/c1-2-30-21(27)25-8-7-17-15(11-25)14-5-3-12(9-18(14)24-17)20(26)13-4-6-16(22)19(10-13)31(23,28)29/h3-6,9-10,24H,2,7-8,11H2,1H3,(H2,23,28,29). The van der Waals surface area contributed by atoms with Crippen molar-refractivity contribution in [2.75, 3.05) is 13.2 Å². The van der Waals surface area contributed by atoms with Crippen molar-refractivity contribution >= 4 is 44.4 Å². The first kappa shape index (κ1) is 21.4. The number of nitrogens with one attached hydrogen (secondary N) is 1. The van der Waals surface area contributed by atoms with E-state index in [0.717, 1.165) is 22.2 Å². The highest BCUT2D eigenvalue weighted by atomic mass is 35.5. The number of rotatable bonds is 4. The van der Waals surface area contributed by atoms with Crippen LogP contribution in [0.15, 0.2) is 41.3 Å².